The summed E-state index contributed by atoms with van der Waals surface area (Å²) in [5.41, 5.74) is 2.54. The van der Waals surface area contributed by atoms with E-state index in [0.717, 1.165) is 11.1 Å². The minimum atomic E-state index is -0.627. The Hall–Kier alpha value is -2.80. The molecule has 1 aliphatic heterocycles. The molecule has 1 heterocycles. The van der Waals surface area contributed by atoms with E-state index in [1.54, 1.807) is 12.1 Å². The van der Waals surface area contributed by atoms with Crippen molar-refractivity contribution in [2.45, 2.75) is 19.6 Å². The molecular weight excluding hydrogens is 458 g/mol. The number of benzene rings is 3. The number of rotatable bonds is 7. The van der Waals surface area contributed by atoms with E-state index in [-0.39, 0.29) is 18.1 Å². The van der Waals surface area contributed by atoms with Crippen molar-refractivity contribution in [3.05, 3.63) is 106 Å². The van der Waals surface area contributed by atoms with E-state index in [0.29, 0.717) is 43.3 Å². The largest absolute Gasteiger partial charge is 0.367 e. The van der Waals surface area contributed by atoms with Crippen molar-refractivity contribution in [3.8, 4) is 0 Å². The van der Waals surface area contributed by atoms with Crippen molar-refractivity contribution in [2.24, 2.45) is 0 Å². The molecule has 0 spiro atoms. The first-order valence-electron chi connectivity index (χ1n) is 11.3. The van der Waals surface area contributed by atoms with Crippen molar-refractivity contribution >= 4 is 17.5 Å². The molecule has 0 aromatic heterocycles. The Kier molecular flexibility index (Phi) is 7.93. The van der Waals surface area contributed by atoms with Crippen LogP contribution in [-0.4, -0.2) is 48.4 Å². The fourth-order valence-corrected chi connectivity index (χ4v) is 4.24. The number of hydrogen-bond acceptors (Lipinski definition) is 3. The number of nitrogens with zero attached hydrogens (tertiary/aromatic N) is 2. The summed E-state index contributed by atoms with van der Waals surface area (Å²) in [6.45, 7) is 4.88. The lowest BCUT2D eigenvalue weighted by Crippen LogP contribution is -2.49. The first-order valence-corrected chi connectivity index (χ1v) is 11.7. The second-order valence-corrected chi connectivity index (χ2v) is 8.95. The first kappa shape index (κ1) is 24.3. The normalized spacial score (nSPS) is 15.4. The van der Waals surface area contributed by atoms with Gasteiger partial charge in [0.15, 0.2) is 0 Å². The van der Waals surface area contributed by atoms with Gasteiger partial charge in [-0.15, -0.1) is 0 Å². The summed E-state index contributed by atoms with van der Waals surface area (Å²) in [5.74, 6) is -1.22. The number of amides is 1. The van der Waals surface area contributed by atoms with Gasteiger partial charge < -0.3 is 9.64 Å². The summed E-state index contributed by atoms with van der Waals surface area (Å²) in [4.78, 5) is 16.9. The summed E-state index contributed by atoms with van der Waals surface area (Å²) in [5, 5.41) is 0.603. The second kappa shape index (κ2) is 11.1. The maximum Gasteiger partial charge on any atom is 0.253 e. The Labute approximate surface area is 203 Å². The van der Waals surface area contributed by atoms with Crippen molar-refractivity contribution in [2.75, 3.05) is 32.7 Å². The van der Waals surface area contributed by atoms with Gasteiger partial charge in [-0.05, 0) is 48.9 Å². The van der Waals surface area contributed by atoms with Crippen LogP contribution >= 0.6 is 11.6 Å². The maximum absolute atomic E-state index is 14.1. The topological polar surface area (TPSA) is 32.8 Å². The minimum absolute atomic E-state index is 0.0314. The molecule has 4 rings (SSSR count). The molecule has 178 valence electrons. The Balaban J connectivity index is 1.41. The molecule has 7 heteroatoms. The lowest BCUT2D eigenvalue weighted by Gasteiger charge is -2.36. The zero-order valence-electron chi connectivity index (χ0n) is 19.0. The van der Waals surface area contributed by atoms with Crippen molar-refractivity contribution in [1.82, 2.24) is 9.80 Å². The first-order chi connectivity index (χ1) is 16.4. The number of piperazine rings is 1. The monoisotopic (exact) mass is 484 g/mol. The molecule has 0 saturated carbocycles. The smallest absolute Gasteiger partial charge is 0.253 e. The predicted molar refractivity (Wildman–Crippen MR) is 129 cm³/mol. The molecule has 3 aromatic carbocycles. The van der Waals surface area contributed by atoms with Gasteiger partial charge in [0.2, 0.25) is 0 Å². The molecule has 3 aromatic rings. The summed E-state index contributed by atoms with van der Waals surface area (Å²) in [6, 6.07) is 18.7. The van der Waals surface area contributed by atoms with E-state index in [9.17, 15) is 13.6 Å². The number of ether oxygens (including phenoxy) is 1. The van der Waals surface area contributed by atoms with Crippen LogP contribution < -0.4 is 0 Å². The van der Waals surface area contributed by atoms with Crippen molar-refractivity contribution in [3.63, 3.8) is 0 Å². The van der Waals surface area contributed by atoms with Crippen LogP contribution in [0.3, 0.4) is 0 Å². The Bertz CT molecular complexity index is 1110. The molecular formula is C27H27ClF2N2O2. The lowest BCUT2D eigenvalue weighted by molar-refractivity contribution is 0.00145. The van der Waals surface area contributed by atoms with Gasteiger partial charge in [0, 0.05) is 48.9 Å². The zero-order chi connectivity index (χ0) is 24.1. The van der Waals surface area contributed by atoms with Gasteiger partial charge in [0.1, 0.15) is 11.6 Å². The predicted octanol–water partition coefficient (Wildman–Crippen LogP) is 5.64. The average molecular weight is 485 g/mol. The zero-order valence-corrected chi connectivity index (χ0v) is 19.8. The number of aryl methyl sites for hydroxylation is 1. The second-order valence-electron chi connectivity index (χ2n) is 8.51. The fraction of sp³-hybridized carbons (Fsp3) is 0.296. The van der Waals surface area contributed by atoms with Gasteiger partial charge >= 0.3 is 0 Å². The maximum atomic E-state index is 14.1. The van der Waals surface area contributed by atoms with Gasteiger partial charge in [-0.3, -0.25) is 9.69 Å². The standard InChI is InChI=1S/C27H27ClF2N2O2/c1-19-4-2-5-21(16-19)27(33)32-14-12-31(13-15-32)17-26(20-8-10-22(28)11-9-20)34-18-23-24(29)6-3-7-25(23)30/h2-11,16,26H,12-15,17-18H2,1H3. The highest BCUT2D eigenvalue weighted by Gasteiger charge is 2.25. The summed E-state index contributed by atoms with van der Waals surface area (Å²) in [6.07, 6.45) is -0.407. The Morgan fingerprint density at radius 3 is 2.26 bits per heavy atom. The molecule has 1 aliphatic rings. The van der Waals surface area contributed by atoms with E-state index in [1.807, 2.05) is 48.2 Å². The number of carbonyl (C=O) groups is 1. The molecule has 0 N–H and O–H groups in total. The van der Waals surface area contributed by atoms with Crippen LogP contribution in [0.4, 0.5) is 8.78 Å². The number of halogens is 3. The Morgan fingerprint density at radius 2 is 1.62 bits per heavy atom. The van der Waals surface area contributed by atoms with E-state index in [4.69, 9.17) is 16.3 Å². The average Bonchev–Trinajstić information content (AvgIpc) is 2.83. The molecule has 0 radical (unpaired) electrons. The molecule has 0 bridgehead atoms. The minimum Gasteiger partial charge on any atom is -0.367 e. The van der Waals surface area contributed by atoms with Crippen LogP contribution in [0.25, 0.3) is 0 Å². The lowest BCUT2D eigenvalue weighted by atomic mass is 10.1. The third-order valence-electron chi connectivity index (χ3n) is 6.08. The molecule has 1 fully saturated rings. The van der Waals surface area contributed by atoms with Gasteiger partial charge in [0.25, 0.3) is 5.91 Å². The SMILES string of the molecule is Cc1cccc(C(=O)N2CCN(CC(OCc3c(F)cccc3F)c3ccc(Cl)cc3)CC2)c1. The van der Waals surface area contributed by atoms with Crippen LogP contribution in [0.15, 0.2) is 66.7 Å². The van der Waals surface area contributed by atoms with Gasteiger partial charge in [-0.25, -0.2) is 8.78 Å². The molecule has 1 unspecified atom stereocenters. The van der Waals surface area contributed by atoms with Crippen LogP contribution in [0.1, 0.15) is 33.2 Å². The molecule has 0 aliphatic carbocycles. The molecule has 1 amide bonds. The molecule has 1 atom stereocenters. The molecule has 1 saturated heterocycles. The summed E-state index contributed by atoms with van der Waals surface area (Å²) < 4.78 is 34.3. The molecule has 34 heavy (non-hydrogen) atoms. The Morgan fingerprint density at radius 1 is 0.971 bits per heavy atom. The quantitative estimate of drug-likeness (QED) is 0.435. The van der Waals surface area contributed by atoms with E-state index >= 15 is 0 Å². The van der Waals surface area contributed by atoms with Crippen LogP contribution in [-0.2, 0) is 11.3 Å². The van der Waals surface area contributed by atoms with Crippen molar-refractivity contribution in [1.29, 1.82) is 0 Å². The van der Waals surface area contributed by atoms with Gasteiger partial charge in [-0.1, -0.05) is 47.5 Å². The van der Waals surface area contributed by atoms with Crippen LogP contribution in [0, 0.1) is 18.6 Å². The van der Waals surface area contributed by atoms with Crippen molar-refractivity contribution < 1.29 is 18.3 Å². The number of hydrogen-bond donors (Lipinski definition) is 0. The van der Waals surface area contributed by atoms with E-state index in [1.165, 1.54) is 18.2 Å². The highest BCUT2D eigenvalue weighted by Crippen LogP contribution is 2.25. The van der Waals surface area contributed by atoms with Crippen LogP contribution in [0.2, 0.25) is 5.02 Å². The van der Waals surface area contributed by atoms with E-state index < -0.39 is 17.7 Å². The summed E-state index contributed by atoms with van der Waals surface area (Å²) in [7, 11) is 0. The van der Waals surface area contributed by atoms with Crippen LogP contribution in [0.5, 0.6) is 0 Å². The third-order valence-corrected chi connectivity index (χ3v) is 6.33. The highest BCUT2D eigenvalue weighted by atomic mass is 35.5. The third kappa shape index (κ3) is 6.00. The van der Waals surface area contributed by atoms with Gasteiger partial charge in [0.05, 0.1) is 12.7 Å². The van der Waals surface area contributed by atoms with E-state index in [2.05, 4.69) is 4.90 Å². The fourth-order valence-electron chi connectivity index (χ4n) is 4.11. The highest BCUT2D eigenvalue weighted by molar-refractivity contribution is 6.30. The van der Waals surface area contributed by atoms with Gasteiger partial charge in [-0.2, -0.15) is 0 Å². The molecule has 4 nitrogen and oxygen atoms in total. The number of carbonyl (C=O) groups excluding carboxylic acids is 1. The summed E-state index contributed by atoms with van der Waals surface area (Å²) >= 11 is 6.04.